The number of benzene rings is 1. The molecule has 0 bridgehead atoms. The van der Waals surface area contributed by atoms with Gasteiger partial charge in [0.2, 0.25) is 5.91 Å². The van der Waals surface area contributed by atoms with Crippen molar-refractivity contribution in [2.75, 3.05) is 0 Å². The molecule has 0 saturated heterocycles. The molecule has 0 fully saturated rings. The lowest BCUT2D eigenvalue weighted by molar-refractivity contribution is -0.121. The summed E-state index contributed by atoms with van der Waals surface area (Å²) in [6, 6.07) is 9.86. The topological polar surface area (TPSA) is 90.1 Å². The minimum atomic E-state index is -0.228. The first kappa shape index (κ1) is 16.5. The third-order valence-corrected chi connectivity index (χ3v) is 3.34. The van der Waals surface area contributed by atoms with E-state index in [0.717, 1.165) is 16.8 Å². The lowest BCUT2D eigenvalue weighted by Crippen LogP contribution is -2.19. The second-order valence-corrected chi connectivity index (χ2v) is 5.27. The molecule has 1 aromatic carbocycles. The second-order valence-electron chi connectivity index (χ2n) is 5.27. The van der Waals surface area contributed by atoms with E-state index in [1.807, 2.05) is 43.3 Å². The van der Waals surface area contributed by atoms with Crippen LogP contribution >= 0.6 is 0 Å². The molecule has 0 atom stereocenters. The fourth-order valence-corrected chi connectivity index (χ4v) is 2.12. The van der Waals surface area contributed by atoms with Crippen LogP contribution in [-0.2, 0) is 11.2 Å². The number of hydrogen-bond acceptors (Lipinski definition) is 3. The van der Waals surface area contributed by atoms with Crippen LogP contribution < -0.4 is 11.0 Å². The average molecular weight is 312 g/mol. The predicted octanol–water partition coefficient (Wildman–Crippen LogP) is 2.15. The largest absolute Gasteiger partial charge is 0.302 e. The van der Waals surface area contributed by atoms with Gasteiger partial charge in [-0.15, -0.1) is 0 Å². The van der Waals surface area contributed by atoms with E-state index < -0.39 is 0 Å². The fourth-order valence-electron chi connectivity index (χ4n) is 2.12. The van der Waals surface area contributed by atoms with E-state index in [1.54, 1.807) is 13.1 Å². The SMILES string of the molecule is CC(=Cc1ccccc1)/C=N\NC(=O)CCc1c(C)[nH][nH]c1=O. The van der Waals surface area contributed by atoms with Gasteiger partial charge in [0, 0.05) is 17.7 Å². The Balaban J connectivity index is 1.82. The third-order valence-electron chi connectivity index (χ3n) is 3.34. The van der Waals surface area contributed by atoms with Crippen molar-refractivity contribution >= 4 is 18.2 Å². The molecule has 0 aliphatic rings. The summed E-state index contributed by atoms with van der Waals surface area (Å²) in [5.74, 6) is -0.228. The third kappa shape index (κ3) is 5.10. The summed E-state index contributed by atoms with van der Waals surface area (Å²) in [6.45, 7) is 3.70. The van der Waals surface area contributed by atoms with Gasteiger partial charge in [0.25, 0.3) is 5.56 Å². The predicted molar refractivity (Wildman–Crippen MR) is 91.2 cm³/mol. The Hall–Kier alpha value is -2.89. The van der Waals surface area contributed by atoms with Gasteiger partial charge in [-0.05, 0) is 31.4 Å². The maximum atomic E-state index is 11.7. The van der Waals surface area contributed by atoms with Crippen molar-refractivity contribution < 1.29 is 4.79 Å². The number of nitrogens with one attached hydrogen (secondary N) is 3. The van der Waals surface area contributed by atoms with Gasteiger partial charge in [-0.3, -0.25) is 14.7 Å². The van der Waals surface area contributed by atoms with E-state index >= 15 is 0 Å². The van der Waals surface area contributed by atoms with Crippen molar-refractivity contribution in [1.29, 1.82) is 0 Å². The van der Waals surface area contributed by atoms with Gasteiger partial charge in [0.05, 0.1) is 6.21 Å². The Labute approximate surface area is 134 Å². The monoisotopic (exact) mass is 312 g/mol. The molecular weight excluding hydrogens is 292 g/mol. The number of rotatable bonds is 6. The first-order valence-electron chi connectivity index (χ1n) is 7.37. The molecule has 1 amide bonds. The van der Waals surface area contributed by atoms with Crippen LogP contribution in [-0.4, -0.2) is 22.3 Å². The second kappa shape index (κ2) is 7.93. The quantitative estimate of drug-likeness (QED) is 0.563. The van der Waals surface area contributed by atoms with E-state index in [9.17, 15) is 9.59 Å². The van der Waals surface area contributed by atoms with E-state index in [0.29, 0.717) is 12.0 Å². The Kier molecular flexibility index (Phi) is 5.68. The molecule has 0 saturated carbocycles. The molecule has 2 aromatic rings. The summed E-state index contributed by atoms with van der Waals surface area (Å²) >= 11 is 0. The van der Waals surface area contributed by atoms with Crippen molar-refractivity contribution in [3.8, 4) is 0 Å². The number of carbonyl (C=O) groups excluding carboxylic acids is 1. The van der Waals surface area contributed by atoms with Crippen LogP contribution in [0.1, 0.15) is 30.2 Å². The molecule has 2 rings (SSSR count). The van der Waals surface area contributed by atoms with Crippen molar-refractivity contribution in [1.82, 2.24) is 15.6 Å². The molecular formula is C17H20N4O2. The zero-order chi connectivity index (χ0) is 16.7. The van der Waals surface area contributed by atoms with Crippen LogP contribution in [0.15, 0.2) is 45.8 Å². The van der Waals surface area contributed by atoms with Gasteiger partial charge in [-0.2, -0.15) is 5.10 Å². The molecule has 120 valence electrons. The van der Waals surface area contributed by atoms with Crippen LogP contribution in [0.5, 0.6) is 0 Å². The number of nitrogens with zero attached hydrogens (tertiary/aromatic N) is 1. The summed E-state index contributed by atoms with van der Waals surface area (Å²) in [7, 11) is 0. The molecule has 1 aromatic heterocycles. The van der Waals surface area contributed by atoms with Gasteiger partial charge in [0.15, 0.2) is 0 Å². The molecule has 6 nitrogen and oxygen atoms in total. The number of allylic oxidation sites excluding steroid dienone is 1. The van der Waals surface area contributed by atoms with Crippen LogP contribution in [0.2, 0.25) is 0 Å². The molecule has 1 heterocycles. The van der Waals surface area contributed by atoms with Gasteiger partial charge >= 0.3 is 0 Å². The highest BCUT2D eigenvalue weighted by molar-refractivity contribution is 5.86. The summed E-state index contributed by atoms with van der Waals surface area (Å²) in [6.07, 6.45) is 4.16. The van der Waals surface area contributed by atoms with Crippen molar-refractivity contribution in [2.24, 2.45) is 5.10 Å². The van der Waals surface area contributed by atoms with Crippen LogP contribution in [0.25, 0.3) is 6.08 Å². The van der Waals surface area contributed by atoms with E-state index in [4.69, 9.17) is 0 Å². The molecule has 3 N–H and O–H groups in total. The zero-order valence-corrected chi connectivity index (χ0v) is 13.2. The maximum absolute atomic E-state index is 11.7. The van der Waals surface area contributed by atoms with Gasteiger partial charge in [-0.1, -0.05) is 36.4 Å². The molecule has 6 heteroatoms. The Bertz CT molecular complexity index is 769. The van der Waals surface area contributed by atoms with Gasteiger partial charge < -0.3 is 5.10 Å². The van der Waals surface area contributed by atoms with Crippen LogP contribution in [0.4, 0.5) is 0 Å². The van der Waals surface area contributed by atoms with Crippen LogP contribution in [0.3, 0.4) is 0 Å². The smallest absolute Gasteiger partial charge is 0.267 e. The van der Waals surface area contributed by atoms with Gasteiger partial charge in [0.1, 0.15) is 0 Å². The molecule has 0 aliphatic carbocycles. The van der Waals surface area contributed by atoms with E-state index in [-0.39, 0.29) is 17.9 Å². The molecule has 0 unspecified atom stereocenters. The number of H-pyrrole nitrogens is 2. The van der Waals surface area contributed by atoms with E-state index in [1.165, 1.54) is 0 Å². The number of carbonyl (C=O) groups is 1. The molecule has 0 radical (unpaired) electrons. The van der Waals surface area contributed by atoms with Crippen LogP contribution in [0, 0.1) is 6.92 Å². The fraction of sp³-hybridized carbons (Fsp3) is 0.235. The summed E-state index contributed by atoms with van der Waals surface area (Å²) in [5, 5.41) is 9.15. The maximum Gasteiger partial charge on any atom is 0.267 e. The summed E-state index contributed by atoms with van der Waals surface area (Å²) < 4.78 is 0. The first-order valence-corrected chi connectivity index (χ1v) is 7.37. The number of amides is 1. The van der Waals surface area contributed by atoms with Crippen molar-refractivity contribution in [3.05, 3.63) is 63.1 Å². The van der Waals surface area contributed by atoms with E-state index in [2.05, 4.69) is 20.7 Å². The zero-order valence-electron chi connectivity index (χ0n) is 13.2. The number of aromatic nitrogens is 2. The Morgan fingerprint density at radius 1 is 1.26 bits per heavy atom. The number of aryl methyl sites for hydroxylation is 1. The normalized spacial score (nSPS) is 11.8. The number of hydrogen-bond donors (Lipinski definition) is 3. The molecule has 23 heavy (non-hydrogen) atoms. The highest BCUT2D eigenvalue weighted by Gasteiger charge is 2.08. The number of hydrazone groups is 1. The lowest BCUT2D eigenvalue weighted by atomic mass is 10.1. The first-order chi connectivity index (χ1) is 11.1. The Morgan fingerprint density at radius 2 is 2.00 bits per heavy atom. The standard InChI is InChI=1S/C17H20N4O2/c1-12(10-14-6-4-3-5-7-14)11-18-20-16(22)9-8-15-13(2)19-21-17(15)23/h3-7,10-11H,8-9H2,1-2H3,(H,20,22)(H2,19,21,23)/b12-10?,18-11-. The highest BCUT2D eigenvalue weighted by atomic mass is 16.2. The highest BCUT2D eigenvalue weighted by Crippen LogP contribution is 2.04. The summed E-state index contributed by atoms with van der Waals surface area (Å²) in [5.41, 5.74) is 5.65. The summed E-state index contributed by atoms with van der Waals surface area (Å²) in [4.78, 5) is 23.2. The number of aromatic amines is 2. The van der Waals surface area contributed by atoms with Crippen molar-refractivity contribution in [3.63, 3.8) is 0 Å². The Morgan fingerprint density at radius 3 is 2.65 bits per heavy atom. The molecule has 0 spiro atoms. The molecule has 0 aliphatic heterocycles. The average Bonchev–Trinajstić information content (AvgIpc) is 2.85. The van der Waals surface area contributed by atoms with Gasteiger partial charge in [-0.25, -0.2) is 5.43 Å². The lowest BCUT2D eigenvalue weighted by Gasteiger charge is -1.99. The minimum Gasteiger partial charge on any atom is -0.302 e. The van der Waals surface area contributed by atoms with Crippen molar-refractivity contribution in [2.45, 2.75) is 26.7 Å². The minimum absolute atomic E-state index is 0.180.